The van der Waals surface area contributed by atoms with Gasteiger partial charge in [-0.15, -0.1) is 42.4 Å². The Labute approximate surface area is 288 Å². The van der Waals surface area contributed by atoms with Gasteiger partial charge in [-0.05, 0) is 58.8 Å². The molecule has 2 aromatic heterocycles. The van der Waals surface area contributed by atoms with E-state index in [1.165, 1.54) is 5.56 Å². The summed E-state index contributed by atoms with van der Waals surface area (Å²) in [5.41, 5.74) is 7.07. The maximum atomic E-state index is 6.47. The van der Waals surface area contributed by atoms with Crippen molar-refractivity contribution in [3.8, 4) is 28.8 Å². The van der Waals surface area contributed by atoms with Gasteiger partial charge in [0.15, 0.2) is 0 Å². The molecule has 0 fully saturated rings. The van der Waals surface area contributed by atoms with E-state index < -0.39 is 0 Å². The van der Waals surface area contributed by atoms with Crippen LogP contribution in [0.15, 0.2) is 115 Å². The van der Waals surface area contributed by atoms with Gasteiger partial charge in [0, 0.05) is 61.4 Å². The zero-order chi connectivity index (χ0) is 31.0. The summed E-state index contributed by atoms with van der Waals surface area (Å²) >= 11 is 0. The number of ether oxygens (including phenoxy) is 2. The van der Waals surface area contributed by atoms with E-state index in [-0.39, 0.29) is 26.5 Å². The molecule has 234 valence electrons. The molecule has 0 N–H and O–H groups in total. The van der Waals surface area contributed by atoms with Gasteiger partial charge in [-0.3, -0.25) is 0 Å². The maximum Gasteiger partial charge on any atom is 0.135 e. The van der Waals surface area contributed by atoms with E-state index >= 15 is 0 Å². The Bertz CT molecular complexity index is 2310. The summed E-state index contributed by atoms with van der Waals surface area (Å²) in [6.45, 7) is 8.73. The molecule has 5 aromatic carbocycles. The van der Waals surface area contributed by atoms with Crippen LogP contribution in [0.25, 0.3) is 27.6 Å². The van der Waals surface area contributed by atoms with Crippen LogP contribution in [0.3, 0.4) is 0 Å². The molecule has 0 atom stereocenters. The van der Waals surface area contributed by atoms with Gasteiger partial charge >= 0.3 is 0 Å². The molecule has 6 nitrogen and oxygen atoms in total. The van der Waals surface area contributed by atoms with Gasteiger partial charge in [0.2, 0.25) is 0 Å². The smallest absolute Gasteiger partial charge is 0.135 e. The van der Waals surface area contributed by atoms with Crippen LogP contribution in [-0.4, -0.2) is 9.55 Å². The largest absolute Gasteiger partial charge is 0.513 e. The van der Waals surface area contributed by atoms with Crippen LogP contribution in [0.1, 0.15) is 26.3 Å². The predicted octanol–water partition coefficient (Wildman–Crippen LogP) is 10.4. The molecule has 7 aromatic rings. The monoisotopic (exact) mass is 792 g/mol. The first-order chi connectivity index (χ1) is 22.4. The van der Waals surface area contributed by atoms with Crippen LogP contribution in [0, 0.1) is 18.8 Å². The van der Waals surface area contributed by atoms with Crippen LogP contribution in [0.4, 0.5) is 22.7 Å². The summed E-state index contributed by atoms with van der Waals surface area (Å²) in [6, 6.07) is 44.0. The van der Waals surface area contributed by atoms with E-state index in [9.17, 15) is 0 Å². The Balaban J connectivity index is 0.00000324. The van der Waals surface area contributed by atoms with Gasteiger partial charge in [-0.25, -0.2) is 4.98 Å². The number of nitrogens with zero attached hydrogens (tertiary/aromatic N) is 4. The Morgan fingerprint density at radius 1 is 0.745 bits per heavy atom. The molecular weight excluding hydrogens is 764 g/mol. The van der Waals surface area contributed by atoms with Crippen molar-refractivity contribution >= 4 is 44.6 Å². The molecule has 0 radical (unpaired) electrons. The van der Waals surface area contributed by atoms with Crippen molar-refractivity contribution in [1.82, 2.24) is 9.55 Å². The van der Waals surface area contributed by atoms with Crippen molar-refractivity contribution in [2.45, 2.75) is 26.2 Å². The minimum absolute atomic E-state index is 0. The molecule has 0 aliphatic carbocycles. The Morgan fingerprint density at radius 2 is 1.53 bits per heavy atom. The van der Waals surface area contributed by atoms with Crippen LogP contribution in [0.2, 0.25) is 0 Å². The molecule has 0 saturated heterocycles. The predicted molar refractivity (Wildman–Crippen MR) is 183 cm³/mol. The number of anilines is 4. The summed E-state index contributed by atoms with van der Waals surface area (Å²) in [5.74, 6) is 3.53. The molecule has 9 rings (SSSR count). The first-order valence-corrected chi connectivity index (χ1v) is 15.4. The fraction of sp³-hybridized carbons (Fsp3) is 0.100. The van der Waals surface area contributed by atoms with Crippen LogP contribution >= 0.6 is 0 Å². The van der Waals surface area contributed by atoms with E-state index in [1.807, 2.05) is 54.7 Å². The van der Waals surface area contributed by atoms with Crippen molar-refractivity contribution in [3.05, 3.63) is 140 Å². The van der Waals surface area contributed by atoms with E-state index in [2.05, 4.69) is 115 Å². The fourth-order valence-corrected chi connectivity index (χ4v) is 6.42. The third kappa shape index (κ3) is 4.78. The van der Waals surface area contributed by atoms with Gasteiger partial charge < -0.3 is 23.8 Å². The minimum atomic E-state index is -0.00733. The second kappa shape index (κ2) is 11.0. The first kappa shape index (κ1) is 29.3. The molecule has 47 heavy (non-hydrogen) atoms. The zero-order valence-corrected chi connectivity index (χ0v) is 28.2. The summed E-state index contributed by atoms with van der Waals surface area (Å²) in [7, 11) is 0. The van der Waals surface area contributed by atoms with Crippen LogP contribution in [0.5, 0.6) is 23.0 Å². The standard InChI is InChI=1S/C40H29N4O2.Pt/c1-40(2,3)26-20-21-41-38(22-26)44-32-13-8-7-12-30(32)31-18-16-28(23-34(31)44)45-29-17-19-36-35(24-29)43-25-42(27-10-5-4-6-11-27)33-14-9-15-37(46-36)39(33)43;/h4-22,25H,1-3H3;/q-3;. The number of hydrogen-bond acceptors (Lipinski definition) is 5. The molecular formula is C40H29N4O2Pt-3. The summed E-state index contributed by atoms with van der Waals surface area (Å²) in [6.07, 6.45) is 1.89. The van der Waals surface area contributed by atoms with Crippen molar-refractivity contribution in [3.63, 3.8) is 0 Å². The summed E-state index contributed by atoms with van der Waals surface area (Å²) in [4.78, 5) is 9.09. The first-order valence-electron chi connectivity index (χ1n) is 15.4. The van der Waals surface area contributed by atoms with E-state index in [0.29, 0.717) is 17.2 Å². The molecule has 0 unspecified atom stereocenters. The van der Waals surface area contributed by atoms with Crippen molar-refractivity contribution in [2.24, 2.45) is 0 Å². The van der Waals surface area contributed by atoms with Gasteiger partial charge in [-0.1, -0.05) is 74.4 Å². The molecule has 2 aliphatic heterocycles. The van der Waals surface area contributed by atoms with Gasteiger partial charge in [0.25, 0.3) is 0 Å². The number of fused-ring (bicyclic) bond motifs is 5. The van der Waals surface area contributed by atoms with Crippen LogP contribution < -0.4 is 19.3 Å². The van der Waals surface area contributed by atoms with E-state index in [4.69, 9.17) is 14.5 Å². The second-order valence-electron chi connectivity index (χ2n) is 12.6. The zero-order valence-electron chi connectivity index (χ0n) is 26.0. The summed E-state index contributed by atoms with van der Waals surface area (Å²) in [5, 5.41) is 2.23. The summed E-state index contributed by atoms with van der Waals surface area (Å²) < 4.78 is 15.0. The van der Waals surface area contributed by atoms with Crippen molar-refractivity contribution in [1.29, 1.82) is 0 Å². The molecule has 0 bridgehead atoms. The maximum absolute atomic E-state index is 6.47. The van der Waals surface area contributed by atoms with Crippen molar-refractivity contribution < 1.29 is 30.5 Å². The Kier molecular flexibility index (Phi) is 6.89. The quantitative estimate of drug-likeness (QED) is 0.166. The number of pyridine rings is 1. The van der Waals surface area contributed by atoms with Crippen molar-refractivity contribution in [2.75, 3.05) is 9.80 Å². The second-order valence-corrected chi connectivity index (χ2v) is 12.6. The number of para-hydroxylation sites is 3. The molecule has 4 heterocycles. The fourth-order valence-electron chi connectivity index (χ4n) is 6.42. The average Bonchev–Trinajstić information content (AvgIpc) is 3.62. The molecule has 0 saturated carbocycles. The molecule has 0 spiro atoms. The molecule has 7 heteroatoms. The minimum Gasteiger partial charge on any atom is -0.513 e. The third-order valence-corrected chi connectivity index (χ3v) is 8.68. The third-order valence-electron chi connectivity index (χ3n) is 8.68. The van der Waals surface area contributed by atoms with Gasteiger partial charge in [-0.2, -0.15) is 6.07 Å². The number of aromatic nitrogens is 2. The van der Waals surface area contributed by atoms with E-state index in [1.54, 1.807) is 0 Å². The average molecular weight is 793 g/mol. The number of benzene rings is 5. The van der Waals surface area contributed by atoms with Crippen LogP contribution in [-0.2, 0) is 26.5 Å². The van der Waals surface area contributed by atoms with Gasteiger partial charge in [0.05, 0.1) is 5.69 Å². The normalized spacial score (nSPS) is 13.3. The number of rotatable bonds is 4. The Morgan fingerprint density at radius 3 is 2.38 bits per heavy atom. The molecule has 0 amide bonds. The molecule has 2 aliphatic rings. The van der Waals surface area contributed by atoms with Gasteiger partial charge in [0.1, 0.15) is 11.6 Å². The Hall–Kier alpha value is -5.06. The SMILES string of the molecule is CC(C)(C)c1ccnc(-n2c3[c-]c(Oc4[c-]c5c(cc4)Oc4cccc6c4N5[CH-]N6c4ccccc4)ccc3c3ccccc32)c1.[Pt]. The van der Waals surface area contributed by atoms with E-state index in [0.717, 1.165) is 56.1 Å². The topological polar surface area (TPSA) is 42.8 Å². The number of hydrogen-bond donors (Lipinski definition) is 0.